The van der Waals surface area contributed by atoms with Crippen LogP contribution in [0.25, 0.3) is 0 Å². The highest BCUT2D eigenvalue weighted by molar-refractivity contribution is 5.87. The van der Waals surface area contributed by atoms with Gasteiger partial charge < -0.3 is 0 Å². The number of hydrogen-bond donors (Lipinski definition) is 0. The van der Waals surface area contributed by atoms with Crippen LogP contribution in [0.2, 0.25) is 0 Å². The molecule has 1 nitrogen and oxygen atoms in total. The molecule has 0 radical (unpaired) electrons. The molecule has 14 heavy (non-hydrogen) atoms. The van der Waals surface area contributed by atoms with Gasteiger partial charge in [-0.2, -0.15) is 0 Å². The summed E-state index contributed by atoms with van der Waals surface area (Å²) in [6.07, 6.45) is 1.72. The molecule has 0 aliphatic heterocycles. The maximum absolute atomic E-state index is 11.7. The summed E-state index contributed by atoms with van der Waals surface area (Å²) in [4.78, 5) is 11.7. The second kappa shape index (κ2) is 3.23. The third-order valence-corrected chi connectivity index (χ3v) is 3.21. The number of rotatable bonds is 1. The third-order valence-electron chi connectivity index (χ3n) is 3.21. The highest BCUT2D eigenvalue weighted by Crippen LogP contribution is 2.43. The monoisotopic (exact) mass is 188 g/mol. The molecule has 0 aromatic heterocycles. The van der Waals surface area contributed by atoms with Crippen molar-refractivity contribution in [2.75, 3.05) is 0 Å². The number of benzene rings is 1. The van der Waals surface area contributed by atoms with Gasteiger partial charge in [-0.05, 0) is 17.9 Å². The van der Waals surface area contributed by atoms with Gasteiger partial charge in [0, 0.05) is 11.8 Å². The lowest BCUT2D eigenvalue weighted by Gasteiger charge is -2.15. The molecule has 1 aliphatic carbocycles. The van der Waals surface area contributed by atoms with Crippen LogP contribution in [0.4, 0.5) is 0 Å². The van der Waals surface area contributed by atoms with Crippen LogP contribution in [-0.2, 0) is 4.79 Å². The molecule has 1 heteroatoms. The molecular formula is C13H16O. The van der Waals surface area contributed by atoms with Crippen LogP contribution in [0, 0.1) is 5.41 Å². The predicted molar refractivity (Wildman–Crippen MR) is 57.2 cm³/mol. The van der Waals surface area contributed by atoms with Gasteiger partial charge in [0.05, 0.1) is 0 Å². The first-order chi connectivity index (χ1) is 6.59. The Bertz CT molecular complexity index is 338. The third kappa shape index (κ3) is 1.59. The zero-order chi connectivity index (χ0) is 10.2. The van der Waals surface area contributed by atoms with E-state index < -0.39 is 0 Å². The lowest BCUT2D eigenvalue weighted by Crippen LogP contribution is -2.15. The van der Waals surface area contributed by atoms with Crippen LogP contribution < -0.4 is 0 Å². The van der Waals surface area contributed by atoms with E-state index >= 15 is 0 Å². The summed E-state index contributed by atoms with van der Waals surface area (Å²) in [5.74, 6) is 0.852. The van der Waals surface area contributed by atoms with Gasteiger partial charge in [-0.25, -0.2) is 0 Å². The van der Waals surface area contributed by atoms with Crippen molar-refractivity contribution in [3.8, 4) is 0 Å². The Balaban J connectivity index is 2.21. The van der Waals surface area contributed by atoms with Crippen LogP contribution in [-0.4, -0.2) is 5.78 Å². The van der Waals surface area contributed by atoms with Gasteiger partial charge in [0.2, 0.25) is 0 Å². The van der Waals surface area contributed by atoms with Gasteiger partial charge in [0.15, 0.2) is 0 Å². The summed E-state index contributed by atoms with van der Waals surface area (Å²) in [6, 6.07) is 10.4. The van der Waals surface area contributed by atoms with Gasteiger partial charge in [0.1, 0.15) is 5.78 Å². The molecule has 0 heterocycles. The maximum Gasteiger partial charge on any atom is 0.139 e. The maximum atomic E-state index is 11.7. The van der Waals surface area contributed by atoms with Crippen molar-refractivity contribution in [2.45, 2.75) is 32.6 Å². The quantitative estimate of drug-likeness (QED) is 0.661. The summed E-state index contributed by atoms with van der Waals surface area (Å²) >= 11 is 0. The van der Waals surface area contributed by atoms with Crippen molar-refractivity contribution >= 4 is 5.78 Å². The number of carbonyl (C=O) groups excluding carboxylic acids is 1. The number of carbonyl (C=O) groups is 1. The molecule has 1 saturated carbocycles. The second-order valence-corrected chi connectivity index (χ2v) is 4.82. The van der Waals surface area contributed by atoms with E-state index in [1.807, 2.05) is 18.2 Å². The van der Waals surface area contributed by atoms with E-state index in [2.05, 4.69) is 26.0 Å². The molecule has 0 spiro atoms. The Morgan fingerprint density at radius 1 is 1.21 bits per heavy atom. The number of Topliss-reactive ketones (excluding diaryl/α,β-unsaturated/α-hetero) is 1. The molecular weight excluding hydrogens is 172 g/mol. The van der Waals surface area contributed by atoms with E-state index in [4.69, 9.17) is 0 Å². The Labute approximate surface area is 85.1 Å². The largest absolute Gasteiger partial charge is 0.299 e. The van der Waals surface area contributed by atoms with Crippen LogP contribution in [0.5, 0.6) is 0 Å². The fourth-order valence-corrected chi connectivity index (χ4v) is 2.26. The molecule has 74 valence electrons. The van der Waals surface area contributed by atoms with Crippen LogP contribution in [0.1, 0.15) is 38.2 Å². The summed E-state index contributed by atoms with van der Waals surface area (Å²) in [7, 11) is 0. The van der Waals surface area contributed by atoms with E-state index in [9.17, 15) is 4.79 Å². The minimum atomic E-state index is -0.111. The van der Waals surface area contributed by atoms with Crippen molar-refractivity contribution < 1.29 is 4.79 Å². The van der Waals surface area contributed by atoms with E-state index in [1.54, 1.807) is 0 Å². The minimum Gasteiger partial charge on any atom is -0.299 e. The van der Waals surface area contributed by atoms with E-state index in [0.717, 1.165) is 12.8 Å². The van der Waals surface area contributed by atoms with E-state index in [-0.39, 0.29) is 5.41 Å². The fraction of sp³-hybridized carbons (Fsp3) is 0.462. The minimum absolute atomic E-state index is 0.111. The van der Waals surface area contributed by atoms with Gasteiger partial charge >= 0.3 is 0 Å². The SMILES string of the molecule is CC1(C)C[C@@H](c2ccccc2)CC1=O. The zero-order valence-electron chi connectivity index (χ0n) is 8.79. The molecule has 1 atom stereocenters. The summed E-state index contributed by atoms with van der Waals surface area (Å²) in [5.41, 5.74) is 1.20. The van der Waals surface area contributed by atoms with Crippen molar-refractivity contribution in [2.24, 2.45) is 5.41 Å². The molecule has 0 unspecified atom stereocenters. The Morgan fingerprint density at radius 2 is 1.86 bits per heavy atom. The summed E-state index contributed by atoms with van der Waals surface area (Å²) < 4.78 is 0. The molecule has 0 bridgehead atoms. The summed E-state index contributed by atoms with van der Waals surface area (Å²) in [6.45, 7) is 4.11. The first kappa shape index (κ1) is 9.45. The van der Waals surface area contributed by atoms with Crippen molar-refractivity contribution in [1.82, 2.24) is 0 Å². The second-order valence-electron chi connectivity index (χ2n) is 4.82. The average Bonchev–Trinajstić information content (AvgIpc) is 2.43. The lowest BCUT2D eigenvalue weighted by atomic mass is 9.88. The highest BCUT2D eigenvalue weighted by Gasteiger charge is 2.39. The average molecular weight is 188 g/mol. The van der Waals surface area contributed by atoms with Crippen molar-refractivity contribution in [1.29, 1.82) is 0 Å². The molecule has 0 N–H and O–H groups in total. The number of ketones is 1. The molecule has 1 aromatic carbocycles. The Kier molecular flexibility index (Phi) is 2.18. The molecule has 1 fully saturated rings. The Hall–Kier alpha value is -1.11. The van der Waals surface area contributed by atoms with E-state index in [1.165, 1.54) is 5.56 Å². The van der Waals surface area contributed by atoms with Crippen LogP contribution in [0.15, 0.2) is 30.3 Å². The van der Waals surface area contributed by atoms with Gasteiger partial charge in [-0.15, -0.1) is 0 Å². The number of hydrogen-bond acceptors (Lipinski definition) is 1. The topological polar surface area (TPSA) is 17.1 Å². The standard InChI is InChI=1S/C13H16O/c1-13(2)9-11(8-12(13)14)10-6-4-3-5-7-10/h3-7,11H,8-9H2,1-2H3/t11-/m0/s1. The Morgan fingerprint density at radius 3 is 2.36 bits per heavy atom. The lowest BCUT2D eigenvalue weighted by molar-refractivity contribution is -0.124. The first-order valence-corrected chi connectivity index (χ1v) is 5.18. The molecule has 0 saturated heterocycles. The smallest absolute Gasteiger partial charge is 0.139 e. The van der Waals surface area contributed by atoms with Crippen molar-refractivity contribution in [3.05, 3.63) is 35.9 Å². The van der Waals surface area contributed by atoms with Gasteiger partial charge in [-0.1, -0.05) is 44.2 Å². The zero-order valence-corrected chi connectivity index (χ0v) is 8.79. The summed E-state index contributed by atoms with van der Waals surface area (Å²) in [5, 5.41) is 0. The fourth-order valence-electron chi connectivity index (χ4n) is 2.26. The van der Waals surface area contributed by atoms with Crippen LogP contribution in [0.3, 0.4) is 0 Å². The normalized spacial score (nSPS) is 25.3. The van der Waals surface area contributed by atoms with Crippen LogP contribution >= 0.6 is 0 Å². The van der Waals surface area contributed by atoms with Crippen molar-refractivity contribution in [3.63, 3.8) is 0 Å². The predicted octanol–water partition coefficient (Wildman–Crippen LogP) is 3.16. The molecule has 1 aliphatic rings. The highest BCUT2D eigenvalue weighted by atomic mass is 16.1. The molecule has 1 aromatic rings. The van der Waals surface area contributed by atoms with Gasteiger partial charge in [0.25, 0.3) is 0 Å². The van der Waals surface area contributed by atoms with E-state index in [0.29, 0.717) is 11.7 Å². The first-order valence-electron chi connectivity index (χ1n) is 5.18. The van der Waals surface area contributed by atoms with Gasteiger partial charge in [-0.3, -0.25) is 4.79 Å². The molecule has 0 amide bonds. The molecule has 2 rings (SSSR count).